The molecular weight excluding hydrogens is 390 g/mol. The van der Waals surface area contributed by atoms with E-state index in [1.54, 1.807) is 18.6 Å². The number of hydrogen-bond acceptors (Lipinski definition) is 7. The fourth-order valence-corrected chi connectivity index (χ4v) is 5.09. The van der Waals surface area contributed by atoms with Crippen LogP contribution < -0.4 is 9.21 Å². The van der Waals surface area contributed by atoms with E-state index < -0.39 is 16.1 Å². The molecule has 1 atom stereocenters. The van der Waals surface area contributed by atoms with Crippen molar-refractivity contribution in [3.05, 3.63) is 47.9 Å². The van der Waals surface area contributed by atoms with E-state index in [0.717, 1.165) is 61.7 Å². The van der Waals surface area contributed by atoms with Gasteiger partial charge in [-0.2, -0.15) is 0 Å². The normalized spacial score (nSPS) is 19.1. The van der Waals surface area contributed by atoms with Crippen molar-refractivity contribution in [3.8, 4) is 0 Å². The van der Waals surface area contributed by atoms with Crippen LogP contribution in [0.25, 0.3) is 0 Å². The summed E-state index contributed by atoms with van der Waals surface area (Å²) in [6.07, 6.45) is 7.42. The van der Waals surface area contributed by atoms with Crippen LogP contribution in [0.4, 0.5) is 11.5 Å². The van der Waals surface area contributed by atoms with Crippen molar-refractivity contribution in [1.82, 2.24) is 14.9 Å². The van der Waals surface area contributed by atoms with Gasteiger partial charge in [0.1, 0.15) is 5.82 Å². The van der Waals surface area contributed by atoms with Crippen LogP contribution in [-0.4, -0.2) is 73.9 Å². The summed E-state index contributed by atoms with van der Waals surface area (Å²) in [6.45, 7) is 4.46. The number of anilines is 2. The molecule has 2 aliphatic rings. The van der Waals surface area contributed by atoms with Crippen molar-refractivity contribution < 1.29 is 13.5 Å². The van der Waals surface area contributed by atoms with Gasteiger partial charge in [0.2, 0.25) is 10.0 Å². The second-order valence-electron chi connectivity index (χ2n) is 7.69. The minimum atomic E-state index is -3.27. The van der Waals surface area contributed by atoms with Gasteiger partial charge in [0.15, 0.2) is 0 Å². The molecule has 2 aliphatic heterocycles. The van der Waals surface area contributed by atoms with Crippen molar-refractivity contribution in [1.29, 1.82) is 0 Å². The van der Waals surface area contributed by atoms with E-state index >= 15 is 0 Å². The fraction of sp³-hybridized carbons (Fsp3) is 0.500. The van der Waals surface area contributed by atoms with Crippen LogP contribution in [0.5, 0.6) is 0 Å². The minimum absolute atomic E-state index is 0.518. The molecule has 9 heteroatoms. The molecule has 0 amide bonds. The third kappa shape index (κ3) is 4.52. The van der Waals surface area contributed by atoms with Gasteiger partial charge in [-0.1, -0.05) is 12.1 Å². The van der Waals surface area contributed by atoms with Gasteiger partial charge in [0, 0.05) is 51.7 Å². The average Bonchev–Trinajstić information content (AvgIpc) is 2.73. The van der Waals surface area contributed by atoms with Crippen molar-refractivity contribution >= 4 is 21.5 Å². The Balaban J connectivity index is 1.39. The number of aliphatic hydroxyl groups is 1. The molecule has 1 aromatic carbocycles. The van der Waals surface area contributed by atoms with Crippen molar-refractivity contribution in [2.75, 3.05) is 54.7 Å². The third-order valence-electron chi connectivity index (χ3n) is 5.64. The molecule has 1 aromatic heterocycles. The highest BCUT2D eigenvalue weighted by atomic mass is 32.2. The van der Waals surface area contributed by atoms with E-state index in [4.69, 9.17) is 0 Å². The first kappa shape index (κ1) is 20.1. The Morgan fingerprint density at radius 2 is 1.93 bits per heavy atom. The quantitative estimate of drug-likeness (QED) is 0.778. The van der Waals surface area contributed by atoms with E-state index in [9.17, 15) is 13.5 Å². The second-order valence-corrected chi connectivity index (χ2v) is 9.60. The predicted octanol–water partition coefficient (Wildman–Crippen LogP) is 1.04. The number of nitrogens with zero attached hydrogens (tertiary/aromatic N) is 5. The number of rotatable bonds is 5. The molecule has 0 unspecified atom stereocenters. The standard InChI is InChI=1S/C20H27N5O3S/c1-29(27,28)25-8-2-3-16-13-17(4-5-18(16)25)19(26)15-23-9-11-24(12-10-23)20-14-21-6-7-22-20/h4-7,13-14,19,26H,2-3,8-12,15H2,1H3/t19-/m0/s1. The van der Waals surface area contributed by atoms with Crippen LogP contribution in [0.1, 0.15) is 23.7 Å². The Kier molecular flexibility index (Phi) is 5.71. The lowest BCUT2D eigenvalue weighted by molar-refractivity contribution is 0.109. The molecule has 2 aromatic rings. The molecule has 0 saturated carbocycles. The summed E-state index contributed by atoms with van der Waals surface area (Å²) in [5.41, 5.74) is 2.58. The Bertz CT molecular complexity index is 946. The van der Waals surface area contributed by atoms with Gasteiger partial charge in [-0.15, -0.1) is 0 Å². The van der Waals surface area contributed by atoms with Gasteiger partial charge in [-0.25, -0.2) is 13.4 Å². The summed E-state index contributed by atoms with van der Waals surface area (Å²) in [5, 5.41) is 10.8. The maximum atomic E-state index is 12.0. The number of β-amino-alcohol motifs (C(OH)–C–C–N with tert-alkyl or cyclic N) is 1. The summed E-state index contributed by atoms with van der Waals surface area (Å²) in [7, 11) is -3.27. The zero-order valence-corrected chi connectivity index (χ0v) is 17.4. The molecular formula is C20H27N5O3S. The number of aryl methyl sites for hydroxylation is 1. The number of aromatic nitrogens is 2. The highest BCUT2D eigenvalue weighted by Crippen LogP contribution is 2.31. The number of piperazine rings is 1. The summed E-state index contributed by atoms with van der Waals surface area (Å²) in [5.74, 6) is 0.887. The third-order valence-corrected chi connectivity index (χ3v) is 6.82. The molecule has 0 bridgehead atoms. The molecule has 1 fully saturated rings. The highest BCUT2D eigenvalue weighted by molar-refractivity contribution is 7.92. The second kappa shape index (κ2) is 8.25. The van der Waals surface area contributed by atoms with E-state index in [-0.39, 0.29) is 0 Å². The van der Waals surface area contributed by atoms with Crippen LogP contribution in [0.3, 0.4) is 0 Å². The number of aliphatic hydroxyl groups excluding tert-OH is 1. The SMILES string of the molecule is CS(=O)(=O)N1CCCc2cc([C@@H](O)CN3CCN(c4cnccn4)CC3)ccc21. The van der Waals surface area contributed by atoms with Gasteiger partial charge >= 0.3 is 0 Å². The first-order valence-electron chi connectivity index (χ1n) is 9.94. The van der Waals surface area contributed by atoms with Crippen LogP contribution in [0.15, 0.2) is 36.8 Å². The predicted molar refractivity (Wildman–Crippen MR) is 113 cm³/mol. The van der Waals surface area contributed by atoms with Gasteiger partial charge in [-0.3, -0.25) is 14.2 Å². The molecule has 29 heavy (non-hydrogen) atoms. The lowest BCUT2D eigenvalue weighted by Crippen LogP contribution is -2.47. The van der Waals surface area contributed by atoms with Gasteiger partial charge < -0.3 is 10.0 Å². The lowest BCUT2D eigenvalue weighted by atomic mass is 9.98. The maximum Gasteiger partial charge on any atom is 0.232 e. The van der Waals surface area contributed by atoms with Crippen molar-refractivity contribution in [2.45, 2.75) is 18.9 Å². The highest BCUT2D eigenvalue weighted by Gasteiger charge is 2.26. The maximum absolute atomic E-state index is 12.0. The lowest BCUT2D eigenvalue weighted by Gasteiger charge is -2.36. The number of hydrogen-bond donors (Lipinski definition) is 1. The van der Waals surface area contributed by atoms with E-state index in [0.29, 0.717) is 13.1 Å². The molecule has 0 aliphatic carbocycles. The molecule has 1 saturated heterocycles. The average molecular weight is 418 g/mol. The number of benzene rings is 1. The monoisotopic (exact) mass is 417 g/mol. The zero-order chi connectivity index (χ0) is 20.4. The molecule has 0 spiro atoms. The fourth-order valence-electron chi connectivity index (χ4n) is 4.10. The summed E-state index contributed by atoms with van der Waals surface area (Å²) in [4.78, 5) is 12.9. The Morgan fingerprint density at radius 1 is 1.14 bits per heavy atom. The summed E-state index contributed by atoms with van der Waals surface area (Å²) < 4.78 is 25.5. The molecule has 1 N–H and O–H groups in total. The van der Waals surface area contributed by atoms with Crippen molar-refractivity contribution in [3.63, 3.8) is 0 Å². The van der Waals surface area contributed by atoms with Crippen LogP contribution in [0.2, 0.25) is 0 Å². The molecule has 8 nitrogen and oxygen atoms in total. The molecule has 3 heterocycles. The summed E-state index contributed by atoms with van der Waals surface area (Å²) >= 11 is 0. The Hall–Kier alpha value is -2.23. The van der Waals surface area contributed by atoms with Gasteiger partial charge in [-0.05, 0) is 30.0 Å². The van der Waals surface area contributed by atoms with E-state index in [1.165, 1.54) is 10.6 Å². The minimum Gasteiger partial charge on any atom is -0.387 e. The van der Waals surface area contributed by atoms with E-state index in [2.05, 4.69) is 19.8 Å². The Morgan fingerprint density at radius 3 is 2.62 bits per heavy atom. The molecule has 4 rings (SSSR count). The molecule has 0 radical (unpaired) electrons. The van der Waals surface area contributed by atoms with Crippen LogP contribution >= 0.6 is 0 Å². The number of sulfonamides is 1. The first-order valence-corrected chi connectivity index (χ1v) is 11.8. The molecule has 156 valence electrons. The topological polar surface area (TPSA) is 89.9 Å². The largest absolute Gasteiger partial charge is 0.387 e. The summed E-state index contributed by atoms with van der Waals surface area (Å²) in [6, 6.07) is 5.65. The van der Waals surface area contributed by atoms with Gasteiger partial charge in [0.05, 0.1) is 24.2 Å². The smallest absolute Gasteiger partial charge is 0.232 e. The van der Waals surface area contributed by atoms with Gasteiger partial charge in [0.25, 0.3) is 0 Å². The zero-order valence-electron chi connectivity index (χ0n) is 16.6. The first-order chi connectivity index (χ1) is 13.9. The van der Waals surface area contributed by atoms with Crippen LogP contribution in [-0.2, 0) is 16.4 Å². The number of fused-ring (bicyclic) bond motifs is 1. The van der Waals surface area contributed by atoms with Crippen LogP contribution in [0, 0.1) is 0 Å². The van der Waals surface area contributed by atoms with Crippen molar-refractivity contribution in [2.24, 2.45) is 0 Å². The van der Waals surface area contributed by atoms with E-state index in [1.807, 2.05) is 18.2 Å². The Labute approximate surface area is 171 Å².